The second-order valence-electron chi connectivity index (χ2n) is 6.52. The molecule has 2 heterocycles. The van der Waals surface area contributed by atoms with Crippen LogP contribution in [-0.4, -0.2) is 56.5 Å². The van der Waals surface area contributed by atoms with E-state index >= 15 is 0 Å². The van der Waals surface area contributed by atoms with Crippen molar-refractivity contribution in [3.63, 3.8) is 0 Å². The number of carbonyl (C=O) groups excluding carboxylic acids is 2. The van der Waals surface area contributed by atoms with Crippen LogP contribution >= 0.6 is 12.4 Å². The van der Waals surface area contributed by atoms with E-state index in [1.54, 1.807) is 12.0 Å². The lowest BCUT2D eigenvalue weighted by Crippen LogP contribution is -2.49. The van der Waals surface area contributed by atoms with Crippen LogP contribution < -0.4 is 15.0 Å². The number of rotatable bonds is 4. The molecule has 0 aromatic heterocycles. The van der Waals surface area contributed by atoms with Gasteiger partial charge < -0.3 is 19.9 Å². The fourth-order valence-electron chi connectivity index (χ4n) is 3.56. The van der Waals surface area contributed by atoms with E-state index in [1.807, 2.05) is 36.2 Å². The molecule has 0 bridgehead atoms. The van der Waals surface area contributed by atoms with Crippen molar-refractivity contribution in [1.82, 2.24) is 10.2 Å². The van der Waals surface area contributed by atoms with E-state index in [2.05, 4.69) is 5.32 Å². The van der Waals surface area contributed by atoms with Gasteiger partial charge >= 0.3 is 0 Å². The number of anilines is 1. The number of amides is 2. The zero-order valence-electron chi connectivity index (χ0n) is 14.7. The average Bonchev–Trinajstić information content (AvgIpc) is 3.03. The molecule has 3 rings (SSSR count). The van der Waals surface area contributed by atoms with Gasteiger partial charge in [-0.1, -0.05) is 0 Å². The van der Waals surface area contributed by atoms with Gasteiger partial charge in [0.05, 0.1) is 13.0 Å². The number of ether oxygens (including phenoxy) is 1. The molecule has 1 aromatic carbocycles. The molecule has 7 heteroatoms. The van der Waals surface area contributed by atoms with Crippen molar-refractivity contribution in [2.24, 2.45) is 5.92 Å². The van der Waals surface area contributed by atoms with Gasteiger partial charge in [0.2, 0.25) is 11.8 Å². The van der Waals surface area contributed by atoms with Gasteiger partial charge in [-0.25, -0.2) is 0 Å². The van der Waals surface area contributed by atoms with Gasteiger partial charge in [0.15, 0.2) is 0 Å². The quantitative estimate of drug-likeness (QED) is 0.879. The number of piperidine rings is 1. The molecule has 2 aliphatic heterocycles. The van der Waals surface area contributed by atoms with Crippen LogP contribution in [0.3, 0.4) is 0 Å². The highest BCUT2D eigenvalue weighted by atomic mass is 35.5. The maximum absolute atomic E-state index is 12.8. The second kappa shape index (κ2) is 8.54. The predicted molar refractivity (Wildman–Crippen MR) is 99.4 cm³/mol. The summed E-state index contributed by atoms with van der Waals surface area (Å²) in [4.78, 5) is 28.8. The minimum Gasteiger partial charge on any atom is -0.497 e. The Morgan fingerprint density at radius 1 is 1.24 bits per heavy atom. The van der Waals surface area contributed by atoms with E-state index in [0.29, 0.717) is 19.0 Å². The molecule has 2 atom stereocenters. The molecular formula is C18H26ClN3O3. The molecule has 2 aliphatic rings. The number of methoxy groups -OCH3 is 1. The van der Waals surface area contributed by atoms with Gasteiger partial charge in [-0.3, -0.25) is 9.59 Å². The summed E-state index contributed by atoms with van der Waals surface area (Å²) in [5.41, 5.74) is 0.822. The molecule has 0 radical (unpaired) electrons. The first kappa shape index (κ1) is 19.5. The molecule has 1 N–H and O–H groups in total. The maximum atomic E-state index is 12.8. The van der Waals surface area contributed by atoms with Gasteiger partial charge in [-0.05, 0) is 44.2 Å². The molecule has 1 aromatic rings. The lowest BCUT2D eigenvalue weighted by Gasteiger charge is -2.34. The Balaban J connectivity index is 0.00000225. The summed E-state index contributed by atoms with van der Waals surface area (Å²) in [6, 6.07) is 7.75. The van der Waals surface area contributed by atoms with Crippen LogP contribution in [0.2, 0.25) is 0 Å². The molecular weight excluding hydrogens is 342 g/mol. The van der Waals surface area contributed by atoms with Gasteiger partial charge in [-0.15, -0.1) is 12.4 Å². The van der Waals surface area contributed by atoms with E-state index in [0.717, 1.165) is 37.4 Å². The molecule has 25 heavy (non-hydrogen) atoms. The van der Waals surface area contributed by atoms with Crippen LogP contribution in [0, 0.1) is 5.92 Å². The summed E-state index contributed by atoms with van der Waals surface area (Å²) >= 11 is 0. The standard InChI is InChI=1S/C18H25N3O3.ClH/c1-19-14-4-3-9-20(12-14)18(23)13-10-17(22)21(11-13)15-5-7-16(24-2)8-6-15;/h5-8,13-14,19H,3-4,9-12H2,1-2H3;1H. The van der Waals surface area contributed by atoms with Gasteiger partial charge in [0, 0.05) is 37.8 Å². The predicted octanol–water partition coefficient (Wildman–Crippen LogP) is 1.68. The van der Waals surface area contributed by atoms with Crippen molar-refractivity contribution in [1.29, 1.82) is 0 Å². The van der Waals surface area contributed by atoms with E-state index in [1.165, 1.54) is 0 Å². The Morgan fingerprint density at radius 2 is 1.96 bits per heavy atom. The molecule has 2 amide bonds. The summed E-state index contributed by atoms with van der Waals surface area (Å²) in [5, 5.41) is 3.25. The SMILES string of the molecule is CNC1CCCN(C(=O)C2CC(=O)N(c3ccc(OC)cc3)C2)C1.Cl. The van der Waals surface area contributed by atoms with Crippen molar-refractivity contribution in [3.8, 4) is 5.75 Å². The van der Waals surface area contributed by atoms with Crippen molar-refractivity contribution in [3.05, 3.63) is 24.3 Å². The zero-order valence-corrected chi connectivity index (χ0v) is 15.6. The average molecular weight is 368 g/mol. The van der Waals surface area contributed by atoms with E-state index in [4.69, 9.17) is 4.74 Å². The number of halogens is 1. The first-order valence-corrected chi connectivity index (χ1v) is 8.53. The molecule has 0 saturated carbocycles. The number of hydrogen-bond donors (Lipinski definition) is 1. The Hall–Kier alpha value is -1.79. The Bertz CT molecular complexity index is 608. The third-order valence-corrected chi connectivity index (χ3v) is 5.00. The first-order valence-electron chi connectivity index (χ1n) is 8.53. The van der Waals surface area contributed by atoms with Crippen LogP contribution in [0.15, 0.2) is 24.3 Å². The number of nitrogens with one attached hydrogen (secondary N) is 1. The molecule has 0 spiro atoms. The number of likely N-dealkylation sites (N-methyl/N-ethyl adjacent to an activating group) is 1. The highest BCUT2D eigenvalue weighted by molar-refractivity contribution is 6.00. The number of nitrogens with zero attached hydrogens (tertiary/aromatic N) is 2. The van der Waals surface area contributed by atoms with Crippen molar-refractivity contribution in [2.75, 3.05) is 38.7 Å². The normalized spacial score (nSPS) is 23.4. The number of likely N-dealkylation sites (tertiary alicyclic amines) is 1. The Kier molecular flexibility index (Phi) is 6.67. The third-order valence-electron chi connectivity index (χ3n) is 5.00. The van der Waals surface area contributed by atoms with Crippen molar-refractivity contribution >= 4 is 29.9 Å². The van der Waals surface area contributed by atoms with Gasteiger partial charge in [0.25, 0.3) is 0 Å². The molecule has 0 aliphatic carbocycles. The first-order chi connectivity index (χ1) is 11.6. The Labute approximate surface area is 154 Å². The van der Waals surface area contributed by atoms with Crippen LogP contribution in [0.25, 0.3) is 0 Å². The van der Waals surface area contributed by atoms with Crippen LogP contribution in [0.5, 0.6) is 5.75 Å². The monoisotopic (exact) mass is 367 g/mol. The van der Waals surface area contributed by atoms with Crippen LogP contribution in [-0.2, 0) is 9.59 Å². The van der Waals surface area contributed by atoms with Crippen LogP contribution in [0.1, 0.15) is 19.3 Å². The second-order valence-corrected chi connectivity index (χ2v) is 6.52. The molecule has 6 nitrogen and oxygen atoms in total. The fraction of sp³-hybridized carbons (Fsp3) is 0.556. The number of benzene rings is 1. The minimum absolute atomic E-state index is 0. The van der Waals surface area contributed by atoms with E-state index in [-0.39, 0.29) is 30.1 Å². The highest BCUT2D eigenvalue weighted by Crippen LogP contribution is 2.28. The van der Waals surface area contributed by atoms with Gasteiger partial charge in [-0.2, -0.15) is 0 Å². The fourth-order valence-corrected chi connectivity index (χ4v) is 3.56. The van der Waals surface area contributed by atoms with Crippen molar-refractivity contribution < 1.29 is 14.3 Å². The van der Waals surface area contributed by atoms with E-state index < -0.39 is 0 Å². The van der Waals surface area contributed by atoms with E-state index in [9.17, 15) is 9.59 Å². The topological polar surface area (TPSA) is 61.9 Å². The zero-order chi connectivity index (χ0) is 17.1. The van der Waals surface area contributed by atoms with Gasteiger partial charge in [0.1, 0.15) is 5.75 Å². The minimum atomic E-state index is -0.241. The van der Waals surface area contributed by atoms with Crippen LogP contribution in [0.4, 0.5) is 5.69 Å². The molecule has 2 saturated heterocycles. The Morgan fingerprint density at radius 3 is 2.60 bits per heavy atom. The summed E-state index contributed by atoms with van der Waals surface area (Å²) < 4.78 is 5.15. The maximum Gasteiger partial charge on any atom is 0.228 e. The number of carbonyl (C=O) groups is 2. The summed E-state index contributed by atoms with van der Waals surface area (Å²) in [7, 11) is 3.55. The molecule has 2 unspecified atom stereocenters. The lowest BCUT2D eigenvalue weighted by molar-refractivity contribution is -0.137. The summed E-state index contributed by atoms with van der Waals surface area (Å²) in [6.45, 7) is 2.00. The smallest absolute Gasteiger partial charge is 0.228 e. The third kappa shape index (κ3) is 4.25. The summed E-state index contributed by atoms with van der Waals surface area (Å²) in [6.07, 6.45) is 2.41. The lowest BCUT2D eigenvalue weighted by atomic mass is 10.0. The van der Waals surface area contributed by atoms with Crippen molar-refractivity contribution in [2.45, 2.75) is 25.3 Å². The number of hydrogen-bond acceptors (Lipinski definition) is 4. The molecule has 138 valence electrons. The largest absolute Gasteiger partial charge is 0.497 e. The molecule has 2 fully saturated rings. The summed E-state index contributed by atoms with van der Waals surface area (Å²) in [5.74, 6) is 0.639. The highest BCUT2D eigenvalue weighted by Gasteiger charge is 2.38.